The molecule has 0 N–H and O–H groups in total. The Hall–Kier alpha value is -1.12. The van der Waals surface area contributed by atoms with Crippen molar-refractivity contribution in [2.45, 2.75) is 12.8 Å². The van der Waals surface area contributed by atoms with Gasteiger partial charge in [-0.1, -0.05) is 0 Å². The van der Waals surface area contributed by atoms with Gasteiger partial charge in [-0.05, 0) is 25.3 Å². The Morgan fingerprint density at radius 1 is 1.42 bits per heavy atom. The Labute approximate surface area is 72.4 Å². The smallest absolute Gasteiger partial charge is 0.131 e. The Morgan fingerprint density at radius 3 is 3.08 bits per heavy atom. The van der Waals surface area contributed by atoms with Gasteiger partial charge in [0.1, 0.15) is 12.1 Å². The monoisotopic (exact) mass is 162 g/mol. The molecule has 1 fully saturated rings. The molecule has 2 rings (SSSR count). The van der Waals surface area contributed by atoms with Crippen LogP contribution in [-0.4, -0.2) is 23.1 Å². The maximum Gasteiger partial charge on any atom is 0.131 e. The normalized spacial score (nSPS) is 17.8. The first-order valence-corrected chi connectivity index (χ1v) is 4.29. The lowest BCUT2D eigenvalue weighted by Crippen LogP contribution is -2.30. The summed E-state index contributed by atoms with van der Waals surface area (Å²) in [5.41, 5.74) is 0. The number of nitrogens with zero attached hydrogens (tertiary/aromatic N) is 3. The van der Waals surface area contributed by atoms with Crippen LogP contribution in [0.1, 0.15) is 12.8 Å². The van der Waals surface area contributed by atoms with Crippen LogP contribution < -0.4 is 4.90 Å². The van der Waals surface area contributed by atoms with Crippen LogP contribution in [0.3, 0.4) is 0 Å². The van der Waals surface area contributed by atoms with Gasteiger partial charge in [0, 0.05) is 19.3 Å². The van der Waals surface area contributed by atoms with E-state index in [1.165, 1.54) is 12.8 Å². The van der Waals surface area contributed by atoms with Crippen molar-refractivity contribution >= 4 is 5.82 Å². The van der Waals surface area contributed by atoms with E-state index in [2.05, 4.69) is 21.3 Å². The van der Waals surface area contributed by atoms with Crippen LogP contribution in [0.4, 0.5) is 5.82 Å². The molecular formula is C9H12N3. The Bertz CT molecular complexity index is 229. The summed E-state index contributed by atoms with van der Waals surface area (Å²) in [5.74, 6) is 1.04. The Kier molecular flexibility index (Phi) is 2.21. The predicted molar refractivity (Wildman–Crippen MR) is 47.8 cm³/mol. The van der Waals surface area contributed by atoms with Crippen molar-refractivity contribution in [1.82, 2.24) is 9.97 Å². The molecule has 0 aromatic carbocycles. The van der Waals surface area contributed by atoms with Gasteiger partial charge in [0.15, 0.2) is 0 Å². The summed E-state index contributed by atoms with van der Waals surface area (Å²) in [6.07, 6.45) is 8.16. The van der Waals surface area contributed by atoms with Gasteiger partial charge in [0.2, 0.25) is 0 Å². The zero-order chi connectivity index (χ0) is 8.23. The molecule has 0 saturated carbocycles. The topological polar surface area (TPSA) is 29.0 Å². The summed E-state index contributed by atoms with van der Waals surface area (Å²) in [6, 6.07) is 1.96. The van der Waals surface area contributed by atoms with Crippen molar-refractivity contribution in [2.24, 2.45) is 0 Å². The minimum atomic E-state index is 1.02. The van der Waals surface area contributed by atoms with Crippen LogP contribution in [0.5, 0.6) is 0 Å². The number of anilines is 1. The molecule has 0 atom stereocenters. The summed E-state index contributed by atoms with van der Waals surface area (Å²) in [6.45, 7) is 2.14. The molecule has 1 aliphatic heterocycles. The molecule has 2 heterocycles. The zero-order valence-electron chi connectivity index (χ0n) is 6.98. The molecule has 12 heavy (non-hydrogen) atoms. The first-order valence-electron chi connectivity index (χ1n) is 4.29. The van der Waals surface area contributed by atoms with Crippen LogP contribution in [-0.2, 0) is 0 Å². The molecule has 1 saturated heterocycles. The highest BCUT2D eigenvalue weighted by molar-refractivity contribution is 5.37. The largest absolute Gasteiger partial charge is 0.356 e. The maximum atomic E-state index is 4.20. The van der Waals surface area contributed by atoms with Crippen molar-refractivity contribution in [3.8, 4) is 0 Å². The summed E-state index contributed by atoms with van der Waals surface area (Å²) >= 11 is 0. The molecule has 0 spiro atoms. The van der Waals surface area contributed by atoms with Gasteiger partial charge in [-0.25, -0.2) is 9.97 Å². The van der Waals surface area contributed by atoms with E-state index in [4.69, 9.17) is 0 Å². The SMILES string of the molecule is [CH]1CCCN(c2ccncn2)C1. The minimum Gasteiger partial charge on any atom is -0.356 e. The van der Waals surface area contributed by atoms with Crippen LogP contribution >= 0.6 is 0 Å². The van der Waals surface area contributed by atoms with Gasteiger partial charge in [-0.2, -0.15) is 0 Å². The Morgan fingerprint density at radius 2 is 2.42 bits per heavy atom. The predicted octanol–water partition coefficient (Wildman–Crippen LogP) is 1.28. The highest BCUT2D eigenvalue weighted by Gasteiger charge is 2.10. The average molecular weight is 162 g/mol. The third-order valence-electron chi connectivity index (χ3n) is 2.08. The maximum absolute atomic E-state index is 4.20. The van der Waals surface area contributed by atoms with Gasteiger partial charge in [0.25, 0.3) is 0 Å². The molecule has 0 unspecified atom stereocenters. The molecule has 1 radical (unpaired) electrons. The lowest BCUT2D eigenvalue weighted by Gasteiger charge is -2.26. The number of hydrogen-bond acceptors (Lipinski definition) is 3. The lowest BCUT2D eigenvalue weighted by atomic mass is 10.1. The number of aromatic nitrogens is 2. The molecule has 0 amide bonds. The summed E-state index contributed by atoms with van der Waals surface area (Å²) in [7, 11) is 0. The van der Waals surface area contributed by atoms with Crippen LogP contribution in [0.25, 0.3) is 0 Å². The zero-order valence-corrected chi connectivity index (χ0v) is 6.98. The quantitative estimate of drug-likeness (QED) is 0.623. The molecule has 3 heteroatoms. The number of hydrogen-bond donors (Lipinski definition) is 0. The van der Waals surface area contributed by atoms with E-state index >= 15 is 0 Å². The van der Waals surface area contributed by atoms with E-state index in [1.807, 2.05) is 6.07 Å². The second-order valence-corrected chi connectivity index (χ2v) is 2.94. The fraction of sp³-hybridized carbons (Fsp3) is 0.444. The van der Waals surface area contributed by atoms with E-state index in [9.17, 15) is 0 Å². The molecule has 1 aromatic heterocycles. The lowest BCUT2D eigenvalue weighted by molar-refractivity contribution is 0.664. The van der Waals surface area contributed by atoms with Crippen molar-refractivity contribution in [2.75, 3.05) is 18.0 Å². The van der Waals surface area contributed by atoms with Gasteiger partial charge in [0.05, 0.1) is 0 Å². The van der Waals surface area contributed by atoms with Crippen LogP contribution in [0.2, 0.25) is 0 Å². The third-order valence-corrected chi connectivity index (χ3v) is 2.08. The Balaban J connectivity index is 2.08. The first kappa shape index (κ1) is 7.53. The first-order chi connectivity index (χ1) is 5.97. The highest BCUT2D eigenvalue weighted by Crippen LogP contribution is 2.14. The van der Waals surface area contributed by atoms with Crippen LogP contribution in [0.15, 0.2) is 18.6 Å². The minimum absolute atomic E-state index is 1.02. The van der Waals surface area contributed by atoms with Crippen molar-refractivity contribution in [3.63, 3.8) is 0 Å². The second-order valence-electron chi connectivity index (χ2n) is 2.94. The molecular weight excluding hydrogens is 150 g/mol. The van der Waals surface area contributed by atoms with E-state index in [0.29, 0.717) is 0 Å². The van der Waals surface area contributed by atoms with Gasteiger partial charge in [-0.15, -0.1) is 0 Å². The molecule has 0 bridgehead atoms. The van der Waals surface area contributed by atoms with Crippen LogP contribution in [0, 0.1) is 6.42 Å². The fourth-order valence-electron chi connectivity index (χ4n) is 1.44. The number of piperidine rings is 1. The molecule has 1 aromatic rings. The number of rotatable bonds is 1. The van der Waals surface area contributed by atoms with E-state index in [1.54, 1.807) is 12.5 Å². The van der Waals surface area contributed by atoms with Gasteiger partial charge < -0.3 is 4.90 Å². The van der Waals surface area contributed by atoms with Gasteiger partial charge >= 0.3 is 0 Å². The average Bonchev–Trinajstić information content (AvgIpc) is 2.21. The van der Waals surface area contributed by atoms with Crippen molar-refractivity contribution < 1.29 is 0 Å². The van der Waals surface area contributed by atoms with Crippen molar-refractivity contribution in [1.29, 1.82) is 0 Å². The molecule has 63 valence electrons. The molecule has 3 nitrogen and oxygen atoms in total. The third kappa shape index (κ3) is 1.55. The standard InChI is InChI=1S/C9H12N3/c1-2-6-12(7-3-1)9-4-5-10-8-11-9/h2,4-5,8H,1,3,6-7H2. The summed E-state index contributed by atoms with van der Waals surface area (Å²) < 4.78 is 0. The molecule has 1 aliphatic rings. The highest BCUT2D eigenvalue weighted by atomic mass is 15.2. The van der Waals surface area contributed by atoms with Gasteiger partial charge in [-0.3, -0.25) is 0 Å². The van der Waals surface area contributed by atoms with Crippen molar-refractivity contribution in [3.05, 3.63) is 25.0 Å². The second kappa shape index (κ2) is 3.52. The van der Waals surface area contributed by atoms with E-state index in [-0.39, 0.29) is 0 Å². The summed E-state index contributed by atoms with van der Waals surface area (Å²) in [5, 5.41) is 0. The summed E-state index contributed by atoms with van der Waals surface area (Å²) in [4.78, 5) is 10.4. The fourth-order valence-corrected chi connectivity index (χ4v) is 1.44. The van der Waals surface area contributed by atoms with E-state index in [0.717, 1.165) is 18.9 Å². The van der Waals surface area contributed by atoms with E-state index < -0.39 is 0 Å². The molecule has 0 aliphatic carbocycles.